The number of hydrogen-bond acceptors (Lipinski definition) is 5. The lowest BCUT2D eigenvalue weighted by atomic mass is 10.3. The van der Waals surface area contributed by atoms with Crippen LogP contribution >= 0.6 is 0 Å². The van der Waals surface area contributed by atoms with Gasteiger partial charge in [0, 0.05) is 11.9 Å². The first-order valence-electron chi connectivity index (χ1n) is 5.50. The number of hydrogen-bond donors (Lipinski definition) is 2. The van der Waals surface area contributed by atoms with Crippen LogP contribution < -0.4 is 10.7 Å². The van der Waals surface area contributed by atoms with Crippen molar-refractivity contribution in [3.63, 3.8) is 0 Å². The molecule has 0 spiro atoms. The van der Waals surface area contributed by atoms with Gasteiger partial charge in [0.25, 0.3) is 5.91 Å². The molecule has 0 saturated heterocycles. The van der Waals surface area contributed by atoms with Gasteiger partial charge in [-0.1, -0.05) is 0 Å². The number of aromatic nitrogens is 1. The molecule has 0 aliphatic heterocycles. The minimum Gasteiger partial charge on any atom is -0.324 e. The average molecular weight is 259 g/mol. The van der Waals surface area contributed by atoms with Crippen LogP contribution in [0.1, 0.15) is 19.8 Å². The third-order valence-corrected chi connectivity index (χ3v) is 1.97. The van der Waals surface area contributed by atoms with Crippen LogP contribution in [0.4, 0.5) is 5.69 Å². The van der Waals surface area contributed by atoms with E-state index in [4.69, 9.17) is 5.26 Å². The molecule has 2 amide bonds. The number of nitrogens with zero attached hydrogens (tertiary/aromatic N) is 3. The van der Waals surface area contributed by atoms with Gasteiger partial charge < -0.3 is 5.32 Å². The molecule has 0 bridgehead atoms. The minimum atomic E-state index is -0.505. The summed E-state index contributed by atoms with van der Waals surface area (Å²) in [6.45, 7) is 1.61. The van der Waals surface area contributed by atoms with Crippen molar-refractivity contribution in [3.8, 4) is 6.07 Å². The summed E-state index contributed by atoms with van der Waals surface area (Å²) in [5, 5.41) is 14.6. The van der Waals surface area contributed by atoms with Gasteiger partial charge >= 0.3 is 0 Å². The Hall–Kier alpha value is -2.75. The predicted octanol–water partition coefficient (Wildman–Crippen LogP) is 0.816. The van der Waals surface area contributed by atoms with Crippen molar-refractivity contribution in [2.45, 2.75) is 19.8 Å². The highest BCUT2D eigenvalue weighted by Crippen LogP contribution is 2.03. The van der Waals surface area contributed by atoms with Gasteiger partial charge in [-0.25, -0.2) is 5.43 Å². The van der Waals surface area contributed by atoms with Gasteiger partial charge in [-0.15, -0.1) is 0 Å². The zero-order valence-corrected chi connectivity index (χ0v) is 10.4. The van der Waals surface area contributed by atoms with E-state index in [1.54, 1.807) is 31.3 Å². The van der Waals surface area contributed by atoms with Crippen molar-refractivity contribution in [3.05, 3.63) is 24.5 Å². The van der Waals surface area contributed by atoms with Crippen LogP contribution in [0.2, 0.25) is 0 Å². The predicted molar refractivity (Wildman–Crippen MR) is 69.0 cm³/mol. The van der Waals surface area contributed by atoms with Gasteiger partial charge in [0.05, 0.1) is 24.4 Å². The smallest absolute Gasteiger partial charge is 0.254 e. The summed E-state index contributed by atoms with van der Waals surface area (Å²) < 4.78 is 0. The van der Waals surface area contributed by atoms with Crippen molar-refractivity contribution < 1.29 is 9.59 Å². The molecule has 0 saturated carbocycles. The molecule has 0 aliphatic carbocycles. The molecule has 7 heteroatoms. The Labute approximate surface area is 110 Å². The van der Waals surface area contributed by atoms with Crippen LogP contribution in [-0.4, -0.2) is 22.5 Å². The summed E-state index contributed by atoms with van der Waals surface area (Å²) in [6.07, 6.45) is 2.91. The lowest BCUT2D eigenvalue weighted by Gasteiger charge is -2.04. The minimum absolute atomic E-state index is 0.0434. The van der Waals surface area contributed by atoms with Gasteiger partial charge in [-0.05, 0) is 19.1 Å². The van der Waals surface area contributed by atoms with Crippen molar-refractivity contribution in [1.29, 1.82) is 5.26 Å². The molecular formula is C12H13N5O2. The van der Waals surface area contributed by atoms with Crippen molar-refractivity contribution in [2.75, 3.05) is 5.32 Å². The molecule has 19 heavy (non-hydrogen) atoms. The molecule has 0 atom stereocenters. The first-order valence-corrected chi connectivity index (χ1v) is 5.50. The first-order chi connectivity index (χ1) is 9.11. The number of anilines is 1. The Balaban J connectivity index is 2.42. The van der Waals surface area contributed by atoms with E-state index in [1.165, 1.54) is 6.20 Å². The first kappa shape index (κ1) is 14.3. The molecule has 0 radical (unpaired) electrons. The summed E-state index contributed by atoms with van der Waals surface area (Å²) in [6, 6.07) is 5.12. The zero-order valence-electron chi connectivity index (χ0n) is 10.4. The molecule has 0 fully saturated rings. The van der Waals surface area contributed by atoms with E-state index < -0.39 is 5.91 Å². The van der Waals surface area contributed by atoms with Gasteiger partial charge in [0.15, 0.2) is 0 Å². The highest BCUT2D eigenvalue weighted by Gasteiger charge is 2.05. The van der Waals surface area contributed by atoms with E-state index >= 15 is 0 Å². The van der Waals surface area contributed by atoms with E-state index in [9.17, 15) is 9.59 Å². The molecule has 1 aromatic heterocycles. The van der Waals surface area contributed by atoms with Crippen LogP contribution in [0.15, 0.2) is 29.6 Å². The average Bonchev–Trinajstić information content (AvgIpc) is 2.38. The number of nitriles is 1. The van der Waals surface area contributed by atoms with Crippen LogP contribution in [0.25, 0.3) is 0 Å². The summed E-state index contributed by atoms with van der Waals surface area (Å²) in [4.78, 5) is 26.4. The van der Waals surface area contributed by atoms with Crippen molar-refractivity contribution in [2.24, 2.45) is 5.10 Å². The largest absolute Gasteiger partial charge is 0.324 e. The number of carbonyl (C=O) groups is 2. The number of amides is 2. The second kappa shape index (κ2) is 7.55. The van der Waals surface area contributed by atoms with Crippen molar-refractivity contribution >= 4 is 23.2 Å². The second-order valence-corrected chi connectivity index (χ2v) is 3.68. The second-order valence-electron chi connectivity index (χ2n) is 3.68. The van der Waals surface area contributed by atoms with E-state index in [-0.39, 0.29) is 18.7 Å². The van der Waals surface area contributed by atoms with E-state index in [2.05, 4.69) is 20.8 Å². The Bertz CT molecular complexity index is 519. The summed E-state index contributed by atoms with van der Waals surface area (Å²) in [7, 11) is 0. The maximum absolute atomic E-state index is 11.6. The Morgan fingerprint density at radius 2 is 2.26 bits per heavy atom. The lowest BCUT2D eigenvalue weighted by Crippen LogP contribution is -2.20. The van der Waals surface area contributed by atoms with Crippen LogP contribution in [0, 0.1) is 11.3 Å². The number of pyridine rings is 1. The third kappa shape index (κ3) is 5.93. The number of carbonyl (C=O) groups excluding carboxylic acids is 2. The topological polar surface area (TPSA) is 107 Å². The van der Waals surface area contributed by atoms with E-state index in [0.717, 1.165) is 0 Å². The van der Waals surface area contributed by atoms with Gasteiger partial charge in [0.2, 0.25) is 5.91 Å². The molecule has 1 rings (SSSR count). The Morgan fingerprint density at radius 1 is 1.47 bits per heavy atom. The standard InChI is InChI=1S/C12H13N5O2/c1-9(16-17-11(18)4-5-13)7-12(19)15-10-3-2-6-14-8-10/h2-3,6,8H,4,7H2,1H3,(H,15,19)(H,17,18)/b16-9+. The number of nitrogens with one attached hydrogen (secondary N) is 2. The molecular weight excluding hydrogens is 246 g/mol. The van der Waals surface area contributed by atoms with Crippen molar-refractivity contribution in [1.82, 2.24) is 10.4 Å². The fourth-order valence-corrected chi connectivity index (χ4v) is 1.18. The molecule has 1 heterocycles. The summed E-state index contributed by atoms with van der Waals surface area (Å²) in [5.74, 6) is -0.765. The Morgan fingerprint density at radius 3 is 2.89 bits per heavy atom. The SMILES string of the molecule is C/C(CC(=O)Nc1cccnc1)=N\NC(=O)CC#N. The van der Waals surface area contributed by atoms with Crippen LogP contribution in [0.3, 0.4) is 0 Å². The van der Waals surface area contributed by atoms with Gasteiger partial charge in [0.1, 0.15) is 6.42 Å². The van der Waals surface area contributed by atoms with Crippen LogP contribution in [-0.2, 0) is 9.59 Å². The van der Waals surface area contributed by atoms with Crippen LogP contribution in [0.5, 0.6) is 0 Å². The molecule has 2 N–H and O–H groups in total. The highest BCUT2D eigenvalue weighted by molar-refractivity contribution is 6.05. The molecule has 98 valence electrons. The normalized spacial score (nSPS) is 10.4. The number of rotatable bonds is 5. The Kier molecular flexibility index (Phi) is 5.69. The fourth-order valence-electron chi connectivity index (χ4n) is 1.18. The summed E-state index contributed by atoms with van der Waals surface area (Å²) >= 11 is 0. The maximum atomic E-state index is 11.6. The third-order valence-electron chi connectivity index (χ3n) is 1.97. The number of hydrazone groups is 1. The molecule has 1 aromatic rings. The van der Waals surface area contributed by atoms with E-state index in [1.807, 2.05) is 0 Å². The van der Waals surface area contributed by atoms with E-state index in [0.29, 0.717) is 11.4 Å². The monoisotopic (exact) mass is 259 g/mol. The lowest BCUT2D eigenvalue weighted by molar-refractivity contribution is -0.120. The quantitative estimate of drug-likeness (QED) is 0.602. The molecule has 0 aliphatic rings. The highest BCUT2D eigenvalue weighted by atomic mass is 16.2. The fraction of sp³-hybridized carbons (Fsp3) is 0.250. The maximum Gasteiger partial charge on any atom is 0.254 e. The molecule has 0 aromatic carbocycles. The van der Waals surface area contributed by atoms with Gasteiger partial charge in [-0.2, -0.15) is 10.4 Å². The molecule has 0 unspecified atom stereocenters. The zero-order chi connectivity index (χ0) is 14.1. The van der Waals surface area contributed by atoms with Gasteiger partial charge in [-0.3, -0.25) is 14.6 Å². The summed E-state index contributed by atoms with van der Waals surface area (Å²) in [5.41, 5.74) is 3.22. The molecule has 7 nitrogen and oxygen atoms in total.